The zero-order valence-electron chi connectivity index (χ0n) is 11.7. The topological polar surface area (TPSA) is 108 Å². The molecule has 0 fully saturated rings. The summed E-state index contributed by atoms with van der Waals surface area (Å²) in [5, 5.41) is 0. The number of carbonyl (C=O) groups excluding carboxylic acids is 2. The molecule has 0 aromatic heterocycles. The van der Waals surface area contributed by atoms with Crippen molar-refractivity contribution in [3.63, 3.8) is 0 Å². The van der Waals surface area contributed by atoms with E-state index >= 15 is 0 Å². The van der Waals surface area contributed by atoms with Crippen LogP contribution in [0.3, 0.4) is 0 Å². The van der Waals surface area contributed by atoms with Gasteiger partial charge < -0.3 is 0 Å². The standard InChI is InChI=1S/C13H16NO5.Hg.H2O/c1-9(17-2)8-18-13(16)11(12(14)15)19-10-6-4-3-5-7-10;;/h3-7,9,11H,1,8H2,2H3,(H2,14,15);;1H2/q;+1;/p-1. The van der Waals surface area contributed by atoms with Crippen LogP contribution in [0.25, 0.3) is 0 Å². The SMILES string of the molecule is COC(COC(=O)C(Oc1ccccc1)C(N)=O)[CH2][Hg][OH]. The van der Waals surface area contributed by atoms with Crippen molar-refractivity contribution in [2.45, 2.75) is 16.1 Å². The van der Waals surface area contributed by atoms with Gasteiger partial charge in [0.25, 0.3) is 0 Å². The second-order valence-electron chi connectivity index (χ2n) is 4.21. The molecule has 0 aliphatic carbocycles. The number of primary amides is 1. The molecule has 112 valence electrons. The van der Waals surface area contributed by atoms with Crippen LogP contribution in [0.1, 0.15) is 0 Å². The molecule has 1 rings (SSSR count). The number of carbonyl (C=O) groups is 2. The molecule has 0 aliphatic rings. The molecule has 8 heteroatoms. The third kappa shape index (κ3) is 6.41. The zero-order valence-corrected chi connectivity index (χ0v) is 17.2. The molecule has 0 radical (unpaired) electrons. The van der Waals surface area contributed by atoms with Gasteiger partial charge in [0.15, 0.2) is 0 Å². The minimum atomic E-state index is -1.88. The Morgan fingerprint density at radius 2 is 2.00 bits per heavy atom. The summed E-state index contributed by atoms with van der Waals surface area (Å²) in [5.74, 6) is -1.46. The van der Waals surface area contributed by atoms with Crippen LogP contribution in [0.15, 0.2) is 30.3 Å². The van der Waals surface area contributed by atoms with E-state index in [1.807, 2.05) is 0 Å². The number of methoxy groups -OCH3 is 1. The summed E-state index contributed by atoms with van der Waals surface area (Å²) in [6.07, 6.45) is -1.87. The van der Waals surface area contributed by atoms with E-state index in [9.17, 15) is 9.59 Å². The normalized spacial score (nSPS) is 12.9. The molecule has 1 aromatic rings. The zero-order chi connectivity index (χ0) is 15.7. The van der Waals surface area contributed by atoms with Crippen LogP contribution in [0.4, 0.5) is 0 Å². The van der Waals surface area contributed by atoms with Crippen LogP contribution in [0.5, 0.6) is 5.75 Å². The number of hydrogen-bond acceptors (Lipinski definition) is 6. The van der Waals surface area contributed by atoms with Crippen LogP contribution in [0, 0.1) is 0 Å². The fourth-order valence-electron chi connectivity index (χ4n) is 1.52. The van der Waals surface area contributed by atoms with Gasteiger partial charge in [-0.25, -0.2) is 0 Å². The molecule has 2 atom stereocenters. The summed E-state index contributed by atoms with van der Waals surface area (Å²) < 4.78 is 24.8. The summed E-state index contributed by atoms with van der Waals surface area (Å²) in [7, 11) is 1.47. The third-order valence-corrected chi connectivity index (χ3v) is 6.17. The van der Waals surface area contributed by atoms with Crippen LogP contribution in [-0.2, 0) is 44.1 Å². The number of rotatable bonds is 9. The summed E-state index contributed by atoms with van der Waals surface area (Å²) in [6.45, 7) is -0.0438. The first-order chi connectivity index (χ1) is 10.1. The fourth-order valence-corrected chi connectivity index (χ4v) is 4.21. The Balaban J connectivity index is 2.59. The van der Waals surface area contributed by atoms with Crippen molar-refractivity contribution >= 4 is 11.9 Å². The van der Waals surface area contributed by atoms with Gasteiger partial charge in [0, 0.05) is 0 Å². The van der Waals surface area contributed by atoms with Gasteiger partial charge in [0.05, 0.1) is 0 Å². The molecule has 0 spiro atoms. The van der Waals surface area contributed by atoms with Crippen molar-refractivity contribution in [1.29, 1.82) is 0 Å². The van der Waals surface area contributed by atoms with Crippen molar-refractivity contribution in [2.24, 2.45) is 5.73 Å². The van der Waals surface area contributed by atoms with Crippen molar-refractivity contribution in [2.75, 3.05) is 13.7 Å². The number of nitrogens with two attached hydrogens (primary N) is 1. The molecule has 7 nitrogen and oxygen atoms in total. The number of esters is 1. The van der Waals surface area contributed by atoms with Crippen LogP contribution in [-0.4, -0.2) is 40.8 Å². The Morgan fingerprint density at radius 3 is 2.52 bits per heavy atom. The van der Waals surface area contributed by atoms with Crippen LogP contribution in [0.2, 0.25) is 3.93 Å². The average molecular weight is 484 g/mol. The summed E-state index contributed by atoms with van der Waals surface area (Å²) in [5.41, 5.74) is 5.16. The molecular weight excluding hydrogens is 467 g/mol. The van der Waals surface area contributed by atoms with Gasteiger partial charge in [-0.05, 0) is 0 Å². The van der Waals surface area contributed by atoms with E-state index < -0.39 is 43.0 Å². The first-order valence-corrected chi connectivity index (χ1v) is 12.7. The molecule has 1 aromatic carbocycles. The van der Waals surface area contributed by atoms with Gasteiger partial charge >= 0.3 is 135 Å². The van der Waals surface area contributed by atoms with E-state index in [1.54, 1.807) is 30.3 Å². The number of para-hydroxylation sites is 1. The maximum atomic E-state index is 11.9. The second kappa shape index (κ2) is 9.70. The predicted octanol–water partition coefficient (Wildman–Crippen LogP) is -0.114. The predicted molar refractivity (Wildman–Crippen MR) is 68.8 cm³/mol. The Kier molecular flexibility index (Phi) is 8.25. The maximum absolute atomic E-state index is 11.9. The number of benzene rings is 1. The number of hydrogen-bond donors (Lipinski definition) is 2. The van der Waals surface area contributed by atoms with Gasteiger partial charge in [-0.2, -0.15) is 0 Å². The fraction of sp³-hybridized carbons (Fsp3) is 0.385. The molecule has 2 unspecified atom stereocenters. The molecule has 0 saturated carbocycles. The Morgan fingerprint density at radius 1 is 1.33 bits per heavy atom. The van der Waals surface area contributed by atoms with E-state index in [0.717, 1.165) is 0 Å². The third-order valence-electron chi connectivity index (χ3n) is 2.67. The molecule has 3 N–H and O–H groups in total. The van der Waals surface area contributed by atoms with Gasteiger partial charge in [-0.1, -0.05) is 0 Å². The molecule has 0 aliphatic heterocycles. The summed E-state index contributed by atoms with van der Waals surface area (Å²) >= 11 is -1.88. The van der Waals surface area contributed by atoms with Crippen LogP contribution < -0.4 is 10.5 Å². The van der Waals surface area contributed by atoms with E-state index in [2.05, 4.69) is 0 Å². The molecule has 21 heavy (non-hydrogen) atoms. The van der Waals surface area contributed by atoms with E-state index in [0.29, 0.717) is 9.68 Å². The minimum absolute atomic E-state index is 0.0438. The number of amides is 1. The molecule has 0 bridgehead atoms. The van der Waals surface area contributed by atoms with Crippen molar-refractivity contribution in [3.05, 3.63) is 30.3 Å². The molecule has 1 amide bonds. The van der Waals surface area contributed by atoms with Crippen molar-refractivity contribution in [3.8, 4) is 5.75 Å². The first kappa shape index (κ1) is 17.9. The van der Waals surface area contributed by atoms with E-state index in [-0.39, 0.29) is 12.7 Å². The molecular formula is C13H17HgNO6. The van der Waals surface area contributed by atoms with Crippen molar-refractivity contribution < 1.29 is 51.8 Å². The van der Waals surface area contributed by atoms with Gasteiger partial charge in [-0.3, -0.25) is 0 Å². The quantitative estimate of drug-likeness (QED) is 0.288. The van der Waals surface area contributed by atoms with Gasteiger partial charge in [0.2, 0.25) is 0 Å². The monoisotopic (exact) mass is 485 g/mol. The Labute approximate surface area is 135 Å². The van der Waals surface area contributed by atoms with E-state index in [1.165, 1.54) is 7.11 Å². The van der Waals surface area contributed by atoms with E-state index in [4.69, 9.17) is 23.0 Å². The second-order valence-corrected chi connectivity index (χ2v) is 8.20. The first-order valence-electron chi connectivity index (χ1n) is 6.39. The molecule has 0 saturated heterocycles. The number of ether oxygens (including phenoxy) is 3. The van der Waals surface area contributed by atoms with Gasteiger partial charge in [0.1, 0.15) is 0 Å². The summed E-state index contributed by atoms with van der Waals surface area (Å²) in [4.78, 5) is 23.2. The Hall–Kier alpha value is -1.18. The van der Waals surface area contributed by atoms with Crippen LogP contribution >= 0.6 is 0 Å². The van der Waals surface area contributed by atoms with Crippen molar-refractivity contribution in [1.82, 2.24) is 0 Å². The molecule has 0 heterocycles. The summed E-state index contributed by atoms with van der Waals surface area (Å²) in [6, 6.07) is 8.38. The Bertz CT molecular complexity index is 455. The van der Waals surface area contributed by atoms with Gasteiger partial charge in [-0.15, -0.1) is 0 Å². The average Bonchev–Trinajstić information content (AvgIpc) is 2.49.